The average Bonchev–Trinajstić information content (AvgIpc) is 3.10. The molecule has 1 N–H and O–H groups in total. The van der Waals surface area contributed by atoms with Crippen LogP contribution in [0.2, 0.25) is 0 Å². The second-order valence-corrected chi connectivity index (χ2v) is 7.92. The molecule has 0 fully saturated rings. The minimum Gasteiger partial charge on any atom is -0.300 e. The number of hydrogen-bond acceptors (Lipinski definition) is 5. The average molecular weight is 405 g/mol. The molecule has 8 heteroatoms. The van der Waals surface area contributed by atoms with Gasteiger partial charge in [-0.25, -0.2) is 8.78 Å². The fourth-order valence-electron chi connectivity index (χ4n) is 2.57. The highest BCUT2D eigenvalue weighted by Crippen LogP contribution is 2.30. The molecule has 0 saturated carbocycles. The lowest BCUT2D eigenvalue weighted by Gasteiger charge is -2.13. The Hall–Kier alpha value is -2.32. The van der Waals surface area contributed by atoms with Crippen molar-refractivity contribution in [3.63, 3.8) is 0 Å². The van der Waals surface area contributed by atoms with E-state index in [9.17, 15) is 13.6 Å². The predicted molar refractivity (Wildman–Crippen MR) is 104 cm³/mol. The van der Waals surface area contributed by atoms with E-state index in [1.54, 1.807) is 0 Å². The Bertz CT molecular complexity index is 898. The number of nitrogens with one attached hydrogen (secondary N) is 1. The van der Waals surface area contributed by atoms with Crippen molar-refractivity contribution >= 4 is 34.1 Å². The number of benzene rings is 2. The van der Waals surface area contributed by atoms with Crippen LogP contribution in [0.5, 0.6) is 0 Å². The number of amides is 1. The van der Waals surface area contributed by atoms with Gasteiger partial charge in [-0.1, -0.05) is 66.4 Å². The largest absolute Gasteiger partial charge is 0.300 e. The smallest absolute Gasteiger partial charge is 0.233 e. The van der Waals surface area contributed by atoms with Gasteiger partial charge in [0.25, 0.3) is 0 Å². The molecule has 0 radical (unpaired) electrons. The normalized spacial score (nSPS) is 12.0. The molecular weight excluding hydrogens is 388 g/mol. The first-order valence-electron chi connectivity index (χ1n) is 8.33. The van der Waals surface area contributed by atoms with Crippen LogP contribution >= 0.6 is 23.1 Å². The fourth-order valence-corrected chi connectivity index (χ4v) is 4.34. The first kappa shape index (κ1) is 19.4. The monoisotopic (exact) mass is 405 g/mol. The zero-order valence-corrected chi connectivity index (χ0v) is 16.1. The summed E-state index contributed by atoms with van der Waals surface area (Å²) in [4.78, 5) is 12.5. The molecule has 1 aromatic heterocycles. The van der Waals surface area contributed by atoms with Gasteiger partial charge in [0, 0.05) is 11.3 Å². The van der Waals surface area contributed by atoms with Crippen LogP contribution in [0.25, 0.3) is 0 Å². The summed E-state index contributed by atoms with van der Waals surface area (Å²) in [6.07, 6.45) is 0.656. The zero-order valence-electron chi connectivity index (χ0n) is 14.5. The molecule has 0 saturated heterocycles. The van der Waals surface area contributed by atoms with E-state index in [1.165, 1.54) is 41.3 Å². The summed E-state index contributed by atoms with van der Waals surface area (Å²) >= 11 is 2.35. The van der Waals surface area contributed by atoms with E-state index >= 15 is 0 Å². The van der Waals surface area contributed by atoms with Crippen molar-refractivity contribution in [2.45, 2.75) is 29.4 Å². The minimum absolute atomic E-state index is 0.00147. The minimum atomic E-state index is -0.589. The van der Waals surface area contributed by atoms with Gasteiger partial charge in [-0.2, -0.15) is 0 Å². The van der Waals surface area contributed by atoms with Crippen LogP contribution in [0, 0.1) is 11.6 Å². The standard InChI is InChI=1S/C19H17F2N3OS2/c1-2-13(12-7-4-3-5-8-12)17(25)22-18-23-24-19(27-18)26-11-14-15(20)9-6-10-16(14)21/h3-10,13H,2,11H2,1H3,(H,22,23,25)/t13-/m0/s1. The molecule has 3 aromatic rings. The van der Waals surface area contributed by atoms with E-state index < -0.39 is 11.6 Å². The van der Waals surface area contributed by atoms with Crippen LogP contribution in [0.1, 0.15) is 30.4 Å². The number of thioether (sulfide) groups is 1. The van der Waals surface area contributed by atoms with E-state index in [0.717, 1.165) is 5.56 Å². The topological polar surface area (TPSA) is 54.9 Å². The highest BCUT2D eigenvalue weighted by molar-refractivity contribution is 8.00. The molecule has 0 aliphatic carbocycles. The third kappa shape index (κ3) is 4.90. The number of carbonyl (C=O) groups excluding carboxylic acids is 1. The van der Waals surface area contributed by atoms with Crippen molar-refractivity contribution in [2.75, 3.05) is 5.32 Å². The summed E-state index contributed by atoms with van der Waals surface area (Å²) in [5.41, 5.74) is 0.935. The third-order valence-corrected chi connectivity index (χ3v) is 5.96. The lowest BCUT2D eigenvalue weighted by atomic mass is 9.96. The van der Waals surface area contributed by atoms with Gasteiger partial charge in [0.1, 0.15) is 11.6 Å². The van der Waals surface area contributed by atoms with Gasteiger partial charge in [0.05, 0.1) is 5.92 Å². The van der Waals surface area contributed by atoms with Crippen LogP contribution < -0.4 is 5.32 Å². The summed E-state index contributed by atoms with van der Waals surface area (Å²) in [5, 5.41) is 11.1. The molecule has 0 unspecified atom stereocenters. The Balaban J connectivity index is 1.63. The van der Waals surface area contributed by atoms with E-state index in [2.05, 4.69) is 15.5 Å². The maximum atomic E-state index is 13.7. The molecule has 27 heavy (non-hydrogen) atoms. The van der Waals surface area contributed by atoms with Crippen molar-refractivity contribution in [1.29, 1.82) is 0 Å². The molecule has 1 heterocycles. The summed E-state index contributed by atoms with van der Waals surface area (Å²) in [6.45, 7) is 1.95. The summed E-state index contributed by atoms with van der Waals surface area (Å²) < 4.78 is 27.9. The van der Waals surface area contributed by atoms with E-state index in [4.69, 9.17) is 0 Å². The van der Waals surface area contributed by atoms with Crippen LogP contribution in [0.15, 0.2) is 52.9 Å². The number of nitrogens with zero attached hydrogens (tertiary/aromatic N) is 2. The SMILES string of the molecule is CC[C@H](C(=O)Nc1nnc(SCc2c(F)cccc2F)s1)c1ccccc1. The Morgan fingerprint density at radius 1 is 1.11 bits per heavy atom. The van der Waals surface area contributed by atoms with E-state index in [-0.39, 0.29) is 23.1 Å². The summed E-state index contributed by atoms with van der Waals surface area (Å²) in [5.74, 6) is -1.51. The lowest BCUT2D eigenvalue weighted by molar-refractivity contribution is -0.117. The van der Waals surface area contributed by atoms with Crippen molar-refractivity contribution in [3.05, 3.63) is 71.3 Å². The molecule has 2 aromatic carbocycles. The second-order valence-electron chi connectivity index (χ2n) is 5.72. The van der Waals surface area contributed by atoms with Crippen molar-refractivity contribution < 1.29 is 13.6 Å². The molecule has 3 rings (SSSR count). The van der Waals surface area contributed by atoms with Crippen LogP contribution in [0.4, 0.5) is 13.9 Å². The van der Waals surface area contributed by atoms with Gasteiger partial charge in [-0.3, -0.25) is 10.1 Å². The Kier molecular flexibility index (Phi) is 6.52. The number of aromatic nitrogens is 2. The van der Waals surface area contributed by atoms with Crippen LogP contribution in [-0.2, 0) is 10.5 Å². The van der Waals surface area contributed by atoms with Gasteiger partial charge in [0.2, 0.25) is 11.0 Å². The summed E-state index contributed by atoms with van der Waals surface area (Å²) in [7, 11) is 0. The molecule has 0 aliphatic heterocycles. The fraction of sp³-hybridized carbons (Fsp3) is 0.211. The number of anilines is 1. The van der Waals surface area contributed by atoms with Gasteiger partial charge in [-0.15, -0.1) is 10.2 Å². The Labute approximate surface area is 164 Å². The van der Waals surface area contributed by atoms with Crippen molar-refractivity contribution in [3.8, 4) is 0 Å². The van der Waals surface area contributed by atoms with E-state index in [1.807, 2.05) is 37.3 Å². The zero-order chi connectivity index (χ0) is 19.2. The highest BCUT2D eigenvalue weighted by atomic mass is 32.2. The number of halogens is 2. The lowest BCUT2D eigenvalue weighted by Crippen LogP contribution is -2.20. The first-order chi connectivity index (χ1) is 13.1. The number of rotatable bonds is 7. The highest BCUT2D eigenvalue weighted by Gasteiger charge is 2.20. The third-order valence-electron chi connectivity index (χ3n) is 3.96. The van der Waals surface area contributed by atoms with Gasteiger partial charge in [-0.05, 0) is 24.1 Å². The number of hydrogen-bond donors (Lipinski definition) is 1. The second kappa shape index (κ2) is 9.05. The van der Waals surface area contributed by atoms with Crippen LogP contribution in [0.3, 0.4) is 0 Å². The van der Waals surface area contributed by atoms with E-state index in [0.29, 0.717) is 15.9 Å². The molecule has 0 aliphatic rings. The van der Waals surface area contributed by atoms with Gasteiger partial charge < -0.3 is 0 Å². The molecule has 0 bridgehead atoms. The molecule has 0 spiro atoms. The number of carbonyl (C=O) groups is 1. The Morgan fingerprint density at radius 3 is 2.48 bits per heavy atom. The molecule has 1 amide bonds. The van der Waals surface area contributed by atoms with Crippen molar-refractivity contribution in [2.24, 2.45) is 0 Å². The molecule has 4 nitrogen and oxygen atoms in total. The Morgan fingerprint density at radius 2 is 1.81 bits per heavy atom. The van der Waals surface area contributed by atoms with Gasteiger partial charge in [0.15, 0.2) is 4.34 Å². The molecular formula is C19H17F2N3OS2. The quantitative estimate of drug-likeness (QED) is 0.431. The maximum Gasteiger partial charge on any atom is 0.233 e. The van der Waals surface area contributed by atoms with Crippen LogP contribution in [-0.4, -0.2) is 16.1 Å². The first-order valence-corrected chi connectivity index (χ1v) is 10.1. The maximum absolute atomic E-state index is 13.7. The van der Waals surface area contributed by atoms with Crippen molar-refractivity contribution in [1.82, 2.24) is 10.2 Å². The predicted octanol–water partition coefficient (Wildman–Crippen LogP) is 5.24. The van der Waals surface area contributed by atoms with Gasteiger partial charge >= 0.3 is 0 Å². The molecule has 140 valence electrons. The molecule has 1 atom stereocenters. The summed E-state index contributed by atoms with van der Waals surface area (Å²) in [6, 6.07) is 13.3.